The molecule has 1 aliphatic heterocycles. The standard InChI is InChI=1S/C12H19N3O2/c1-8-3-4-15(6-11(8)17)12-13-5-10(7-16)9(2)14-12/h5,8,11,16-17H,3-4,6-7H2,1-2H3. The third-order valence-corrected chi connectivity index (χ3v) is 3.44. The Morgan fingerprint density at radius 2 is 2.29 bits per heavy atom. The second-order valence-electron chi connectivity index (χ2n) is 4.72. The minimum atomic E-state index is -0.315. The molecule has 17 heavy (non-hydrogen) atoms. The Kier molecular flexibility index (Phi) is 3.59. The maximum atomic E-state index is 9.84. The highest BCUT2D eigenvalue weighted by molar-refractivity contribution is 5.33. The fourth-order valence-electron chi connectivity index (χ4n) is 2.02. The van der Waals surface area contributed by atoms with Crippen molar-refractivity contribution in [1.29, 1.82) is 0 Å². The van der Waals surface area contributed by atoms with E-state index >= 15 is 0 Å². The zero-order chi connectivity index (χ0) is 12.4. The van der Waals surface area contributed by atoms with Crippen molar-refractivity contribution in [3.8, 4) is 0 Å². The molecule has 0 saturated carbocycles. The molecule has 5 nitrogen and oxygen atoms in total. The summed E-state index contributed by atoms with van der Waals surface area (Å²) in [5.41, 5.74) is 1.55. The fourth-order valence-corrected chi connectivity index (χ4v) is 2.02. The van der Waals surface area contributed by atoms with Crippen molar-refractivity contribution in [2.45, 2.75) is 33.0 Å². The van der Waals surface area contributed by atoms with E-state index in [0.29, 0.717) is 18.4 Å². The summed E-state index contributed by atoms with van der Waals surface area (Å²) < 4.78 is 0. The Bertz CT molecular complexity index is 397. The van der Waals surface area contributed by atoms with Crippen molar-refractivity contribution in [3.63, 3.8) is 0 Å². The summed E-state index contributed by atoms with van der Waals surface area (Å²) in [6.45, 7) is 5.34. The second-order valence-corrected chi connectivity index (χ2v) is 4.72. The highest BCUT2D eigenvalue weighted by Gasteiger charge is 2.25. The molecule has 1 aromatic rings. The number of β-amino-alcohol motifs (C(OH)–C–C–N with tert-alkyl or cyclic N) is 1. The van der Waals surface area contributed by atoms with Gasteiger partial charge in [0.2, 0.25) is 5.95 Å². The van der Waals surface area contributed by atoms with Gasteiger partial charge < -0.3 is 15.1 Å². The number of anilines is 1. The minimum Gasteiger partial charge on any atom is -0.392 e. The number of hydrogen-bond donors (Lipinski definition) is 2. The molecule has 94 valence electrons. The predicted octanol–water partition coefficient (Wildman–Crippen LogP) is 0.484. The summed E-state index contributed by atoms with van der Waals surface area (Å²) in [5, 5.41) is 18.9. The molecule has 0 aliphatic carbocycles. The van der Waals surface area contributed by atoms with Crippen LogP contribution in [0.5, 0.6) is 0 Å². The molecule has 1 fully saturated rings. The van der Waals surface area contributed by atoms with E-state index in [4.69, 9.17) is 5.11 Å². The van der Waals surface area contributed by atoms with Crippen molar-refractivity contribution in [3.05, 3.63) is 17.5 Å². The van der Waals surface area contributed by atoms with Crippen LogP contribution >= 0.6 is 0 Å². The number of aliphatic hydroxyl groups excluding tert-OH is 2. The van der Waals surface area contributed by atoms with Crippen LogP contribution in [0.25, 0.3) is 0 Å². The molecule has 1 saturated heterocycles. The molecule has 2 atom stereocenters. The Morgan fingerprint density at radius 3 is 2.88 bits per heavy atom. The first kappa shape index (κ1) is 12.3. The van der Waals surface area contributed by atoms with Gasteiger partial charge in [-0.05, 0) is 19.3 Å². The van der Waals surface area contributed by atoms with Crippen LogP contribution in [0.15, 0.2) is 6.20 Å². The molecule has 1 aliphatic rings. The van der Waals surface area contributed by atoms with Gasteiger partial charge in [-0.25, -0.2) is 9.97 Å². The summed E-state index contributed by atoms with van der Waals surface area (Å²) in [5.74, 6) is 0.981. The van der Waals surface area contributed by atoms with E-state index in [-0.39, 0.29) is 12.7 Å². The van der Waals surface area contributed by atoms with Gasteiger partial charge in [0, 0.05) is 30.5 Å². The van der Waals surface area contributed by atoms with Crippen LogP contribution in [0.2, 0.25) is 0 Å². The van der Waals surface area contributed by atoms with Crippen molar-refractivity contribution in [2.75, 3.05) is 18.0 Å². The van der Waals surface area contributed by atoms with Gasteiger partial charge in [-0.2, -0.15) is 0 Å². The Labute approximate surface area is 101 Å². The van der Waals surface area contributed by atoms with Gasteiger partial charge in [0.1, 0.15) is 0 Å². The van der Waals surface area contributed by atoms with Gasteiger partial charge in [0.05, 0.1) is 12.7 Å². The summed E-state index contributed by atoms with van der Waals surface area (Å²) in [4.78, 5) is 10.6. The molecule has 2 N–H and O–H groups in total. The van der Waals surface area contributed by atoms with Crippen LogP contribution < -0.4 is 4.90 Å². The Balaban J connectivity index is 2.15. The van der Waals surface area contributed by atoms with E-state index in [1.54, 1.807) is 6.20 Å². The first-order valence-corrected chi connectivity index (χ1v) is 5.98. The summed E-state index contributed by atoms with van der Waals surface area (Å²) in [7, 11) is 0. The van der Waals surface area contributed by atoms with E-state index in [9.17, 15) is 5.11 Å². The van der Waals surface area contributed by atoms with Crippen LogP contribution in [-0.2, 0) is 6.61 Å². The quantitative estimate of drug-likeness (QED) is 0.783. The van der Waals surface area contributed by atoms with E-state index in [2.05, 4.69) is 16.9 Å². The van der Waals surface area contributed by atoms with Crippen molar-refractivity contribution >= 4 is 5.95 Å². The van der Waals surface area contributed by atoms with Crippen LogP contribution in [0.1, 0.15) is 24.6 Å². The summed E-state index contributed by atoms with van der Waals surface area (Å²) in [6.07, 6.45) is 2.29. The molecule has 1 aromatic heterocycles. The third kappa shape index (κ3) is 2.56. The molecule has 0 bridgehead atoms. The van der Waals surface area contributed by atoms with Gasteiger partial charge in [0.15, 0.2) is 0 Å². The lowest BCUT2D eigenvalue weighted by Gasteiger charge is -2.34. The molecule has 0 amide bonds. The van der Waals surface area contributed by atoms with Crippen LogP contribution in [0.3, 0.4) is 0 Å². The number of piperidine rings is 1. The fraction of sp³-hybridized carbons (Fsp3) is 0.667. The average molecular weight is 237 g/mol. The highest BCUT2D eigenvalue weighted by Crippen LogP contribution is 2.21. The largest absolute Gasteiger partial charge is 0.392 e. The molecule has 0 radical (unpaired) electrons. The van der Waals surface area contributed by atoms with E-state index in [0.717, 1.165) is 24.2 Å². The molecule has 2 unspecified atom stereocenters. The SMILES string of the molecule is Cc1nc(N2CCC(C)C(O)C2)ncc1CO. The van der Waals surface area contributed by atoms with Gasteiger partial charge in [0.25, 0.3) is 0 Å². The van der Waals surface area contributed by atoms with Gasteiger partial charge >= 0.3 is 0 Å². The van der Waals surface area contributed by atoms with E-state index in [1.807, 2.05) is 11.8 Å². The summed E-state index contributed by atoms with van der Waals surface area (Å²) in [6, 6.07) is 0. The molecular formula is C12H19N3O2. The highest BCUT2D eigenvalue weighted by atomic mass is 16.3. The molecule has 2 rings (SSSR count). The number of aliphatic hydroxyl groups is 2. The first-order valence-electron chi connectivity index (χ1n) is 5.98. The van der Waals surface area contributed by atoms with Crippen LogP contribution in [0.4, 0.5) is 5.95 Å². The van der Waals surface area contributed by atoms with E-state index in [1.165, 1.54) is 0 Å². The lowest BCUT2D eigenvalue weighted by atomic mass is 9.96. The topological polar surface area (TPSA) is 69.5 Å². The number of rotatable bonds is 2. The van der Waals surface area contributed by atoms with Crippen LogP contribution in [-0.4, -0.2) is 39.4 Å². The van der Waals surface area contributed by atoms with Crippen LogP contribution in [0, 0.1) is 12.8 Å². The minimum absolute atomic E-state index is 0.0359. The molecule has 0 aromatic carbocycles. The number of aromatic nitrogens is 2. The molecule has 2 heterocycles. The monoisotopic (exact) mass is 237 g/mol. The third-order valence-electron chi connectivity index (χ3n) is 3.44. The molecule has 0 spiro atoms. The average Bonchev–Trinajstić information content (AvgIpc) is 2.32. The normalized spacial score (nSPS) is 25.1. The van der Waals surface area contributed by atoms with Crippen molar-refractivity contribution in [2.24, 2.45) is 5.92 Å². The number of hydrogen-bond acceptors (Lipinski definition) is 5. The van der Waals surface area contributed by atoms with Crippen molar-refractivity contribution < 1.29 is 10.2 Å². The predicted molar refractivity (Wildman–Crippen MR) is 64.7 cm³/mol. The Morgan fingerprint density at radius 1 is 1.53 bits per heavy atom. The maximum Gasteiger partial charge on any atom is 0.225 e. The lowest BCUT2D eigenvalue weighted by Crippen LogP contribution is -2.43. The smallest absolute Gasteiger partial charge is 0.225 e. The number of nitrogens with zero attached hydrogens (tertiary/aromatic N) is 3. The number of aryl methyl sites for hydroxylation is 1. The zero-order valence-electron chi connectivity index (χ0n) is 10.3. The van der Waals surface area contributed by atoms with E-state index < -0.39 is 0 Å². The summed E-state index contributed by atoms with van der Waals surface area (Å²) >= 11 is 0. The van der Waals surface area contributed by atoms with Gasteiger partial charge in [-0.3, -0.25) is 0 Å². The van der Waals surface area contributed by atoms with Gasteiger partial charge in [-0.1, -0.05) is 6.92 Å². The Hall–Kier alpha value is -1.20. The second kappa shape index (κ2) is 4.98. The molecular weight excluding hydrogens is 218 g/mol. The first-order chi connectivity index (χ1) is 8.11. The molecule has 5 heteroatoms. The zero-order valence-corrected chi connectivity index (χ0v) is 10.3. The lowest BCUT2D eigenvalue weighted by molar-refractivity contribution is 0.102. The van der Waals surface area contributed by atoms with Gasteiger partial charge in [-0.15, -0.1) is 0 Å². The van der Waals surface area contributed by atoms with Crippen molar-refractivity contribution in [1.82, 2.24) is 9.97 Å². The maximum absolute atomic E-state index is 9.84.